The molecule has 3 heteroatoms. The number of rotatable bonds is 5. The summed E-state index contributed by atoms with van der Waals surface area (Å²) in [6.07, 6.45) is 0. The van der Waals surface area contributed by atoms with Crippen LogP contribution in [0.15, 0.2) is 83.8 Å². The van der Waals surface area contributed by atoms with Gasteiger partial charge in [0.15, 0.2) is 0 Å². The maximum absolute atomic E-state index is 4.88. The third-order valence-electron chi connectivity index (χ3n) is 5.40. The monoisotopic (exact) mass is 419 g/mol. The lowest BCUT2D eigenvalue weighted by atomic mass is 9.96. The van der Waals surface area contributed by atoms with Crippen molar-refractivity contribution in [2.45, 2.75) is 28.2 Å². The molecule has 1 aromatic heterocycles. The van der Waals surface area contributed by atoms with Crippen molar-refractivity contribution < 1.29 is 0 Å². The summed E-state index contributed by atoms with van der Waals surface area (Å²) in [6, 6.07) is 20.6. The number of allylic oxidation sites excluding steroid dienone is 2. The number of hydrogen-bond acceptors (Lipinski definition) is 3. The van der Waals surface area contributed by atoms with Gasteiger partial charge < -0.3 is 0 Å². The third-order valence-corrected chi connectivity index (χ3v) is 5.40. The molecule has 0 saturated heterocycles. The Labute approximate surface area is 190 Å². The first-order valence-corrected chi connectivity index (χ1v) is 10.2. The zero-order chi connectivity index (χ0) is 22.1. The first kappa shape index (κ1) is 22.8. The van der Waals surface area contributed by atoms with Gasteiger partial charge in [-0.25, -0.2) is 4.98 Å². The minimum absolute atomic E-state index is 0. The van der Waals surface area contributed by atoms with Gasteiger partial charge in [-0.15, -0.1) is 0 Å². The van der Waals surface area contributed by atoms with E-state index in [4.69, 9.17) is 9.98 Å². The Morgan fingerprint density at radius 3 is 1.72 bits per heavy atom. The third kappa shape index (κ3) is 4.57. The van der Waals surface area contributed by atoms with Gasteiger partial charge in [0.2, 0.25) is 0 Å². The van der Waals surface area contributed by atoms with E-state index < -0.39 is 0 Å². The van der Waals surface area contributed by atoms with Crippen LogP contribution in [0.4, 0.5) is 11.4 Å². The standard InChI is InChI=1S/C28H25N3.CH4/c1-17(2)22-12-23(18(3)4)14-24(13-22)19(5)30-26-10-8-21-11-20-7-9-25(29-6)15-27(20)31-28(21)16-26;/h7-16H,1,3,6H2,2,4-5H3;1H4. The lowest BCUT2D eigenvalue weighted by molar-refractivity contribution is 1.43. The van der Waals surface area contributed by atoms with E-state index in [-0.39, 0.29) is 7.43 Å². The van der Waals surface area contributed by atoms with Crippen molar-refractivity contribution in [3.63, 3.8) is 0 Å². The number of aromatic nitrogens is 1. The van der Waals surface area contributed by atoms with Crippen LogP contribution in [0.25, 0.3) is 33.0 Å². The van der Waals surface area contributed by atoms with E-state index in [1.54, 1.807) is 0 Å². The van der Waals surface area contributed by atoms with E-state index >= 15 is 0 Å². The molecule has 0 atom stereocenters. The molecule has 0 N–H and O–H groups in total. The van der Waals surface area contributed by atoms with Crippen molar-refractivity contribution in [2.24, 2.45) is 9.98 Å². The highest BCUT2D eigenvalue weighted by Gasteiger charge is 2.07. The van der Waals surface area contributed by atoms with E-state index in [9.17, 15) is 0 Å². The summed E-state index contributed by atoms with van der Waals surface area (Å²) in [4.78, 5) is 13.7. The van der Waals surface area contributed by atoms with Crippen LogP contribution < -0.4 is 0 Å². The fraction of sp³-hybridized carbons (Fsp3) is 0.138. The van der Waals surface area contributed by atoms with Gasteiger partial charge >= 0.3 is 0 Å². The lowest BCUT2D eigenvalue weighted by Crippen LogP contribution is -1.97. The van der Waals surface area contributed by atoms with Gasteiger partial charge in [0.25, 0.3) is 0 Å². The van der Waals surface area contributed by atoms with Crippen molar-refractivity contribution >= 4 is 56.8 Å². The molecule has 160 valence electrons. The number of pyridine rings is 1. The molecule has 4 aromatic rings. The minimum Gasteiger partial charge on any atom is -0.265 e. The molecule has 32 heavy (non-hydrogen) atoms. The largest absolute Gasteiger partial charge is 0.265 e. The lowest BCUT2D eigenvalue weighted by Gasteiger charge is -2.10. The fourth-order valence-corrected chi connectivity index (χ4v) is 3.55. The van der Waals surface area contributed by atoms with Crippen LogP contribution in [0, 0.1) is 0 Å². The molecule has 3 aromatic carbocycles. The summed E-state index contributed by atoms with van der Waals surface area (Å²) in [6.45, 7) is 17.8. The average molecular weight is 420 g/mol. The second-order valence-electron chi connectivity index (χ2n) is 7.96. The summed E-state index contributed by atoms with van der Waals surface area (Å²) >= 11 is 0. The fourth-order valence-electron chi connectivity index (χ4n) is 3.55. The van der Waals surface area contributed by atoms with Crippen molar-refractivity contribution in [1.82, 2.24) is 4.98 Å². The van der Waals surface area contributed by atoms with E-state index in [0.717, 1.165) is 66.7 Å². The predicted octanol–water partition coefficient (Wildman–Crippen LogP) is 8.56. The second kappa shape index (κ2) is 9.11. The summed E-state index contributed by atoms with van der Waals surface area (Å²) < 4.78 is 0. The highest BCUT2D eigenvalue weighted by atomic mass is 14.8. The van der Waals surface area contributed by atoms with Crippen LogP contribution in [-0.4, -0.2) is 17.4 Å². The topological polar surface area (TPSA) is 37.6 Å². The Morgan fingerprint density at radius 2 is 1.19 bits per heavy atom. The van der Waals surface area contributed by atoms with Crippen molar-refractivity contribution in [3.8, 4) is 0 Å². The van der Waals surface area contributed by atoms with E-state index in [2.05, 4.69) is 55.2 Å². The van der Waals surface area contributed by atoms with Gasteiger partial charge in [-0.3, -0.25) is 9.98 Å². The van der Waals surface area contributed by atoms with Gasteiger partial charge in [0, 0.05) is 16.5 Å². The van der Waals surface area contributed by atoms with Crippen molar-refractivity contribution in [3.05, 3.63) is 90.5 Å². The van der Waals surface area contributed by atoms with E-state index in [1.165, 1.54) is 0 Å². The molecular formula is C29H29N3. The highest BCUT2D eigenvalue weighted by molar-refractivity contribution is 6.02. The summed E-state index contributed by atoms with van der Waals surface area (Å²) in [7, 11) is 0. The zero-order valence-electron chi connectivity index (χ0n) is 18.2. The smallest absolute Gasteiger partial charge is 0.0731 e. The Morgan fingerprint density at radius 1 is 0.688 bits per heavy atom. The molecule has 4 rings (SSSR count). The maximum Gasteiger partial charge on any atom is 0.0731 e. The van der Waals surface area contributed by atoms with Gasteiger partial charge in [-0.2, -0.15) is 0 Å². The Kier molecular flexibility index (Phi) is 6.50. The number of fused-ring (bicyclic) bond motifs is 2. The van der Waals surface area contributed by atoms with E-state index in [1.807, 2.05) is 51.1 Å². The first-order chi connectivity index (χ1) is 14.8. The number of hydrogen-bond donors (Lipinski definition) is 0. The maximum atomic E-state index is 4.88. The molecule has 0 saturated carbocycles. The van der Waals surface area contributed by atoms with Crippen molar-refractivity contribution in [1.29, 1.82) is 0 Å². The molecule has 0 bridgehead atoms. The second-order valence-corrected chi connectivity index (χ2v) is 7.96. The predicted molar refractivity (Wildman–Crippen MR) is 143 cm³/mol. The molecule has 0 unspecified atom stereocenters. The quantitative estimate of drug-likeness (QED) is 0.236. The number of nitrogens with zero attached hydrogens (tertiary/aromatic N) is 3. The normalized spacial score (nSPS) is 11.3. The van der Waals surface area contributed by atoms with Gasteiger partial charge in [-0.1, -0.05) is 43.9 Å². The van der Waals surface area contributed by atoms with Gasteiger partial charge in [0.05, 0.1) is 22.4 Å². The van der Waals surface area contributed by atoms with Crippen LogP contribution in [0.2, 0.25) is 0 Å². The zero-order valence-corrected chi connectivity index (χ0v) is 18.2. The summed E-state index contributed by atoms with van der Waals surface area (Å²) in [5, 5.41) is 2.16. The number of aliphatic imine (C=N–C) groups is 2. The Balaban J connectivity index is 0.00000289. The minimum atomic E-state index is 0. The average Bonchev–Trinajstić information content (AvgIpc) is 2.76. The molecule has 0 aliphatic rings. The van der Waals surface area contributed by atoms with Crippen LogP contribution in [-0.2, 0) is 0 Å². The summed E-state index contributed by atoms with van der Waals surface area (Å²) in [5.41, 5.74) is 9.72. The molecule has 0 aliphatic heterocycles. The SMILES string of the molecule is C.C=Nc1ccc2cc3ccc(N=C(C)c4cc(C(=C)C)cc(C(=C)C)c4)cc3nc2c1. The van der Waals surface area contributed by atoms with E-state index in [0.29, 0.717) is 0 Å². The van der Waals surface area contributed by atoms with Crippen molar-refractivity contribution in [2.75, 3.05) is 0 Å². The van der Waals surface area contributed by atoms with Gasteiger partial charge in [0.1, 0.15) is 0 Å². The van der Waals surface area contributed by atoms with Crippen LogP contribution in [0.5, 0.6) is 0 Å². The number of benzene rings is 3. The van der Waals surface area contributed by atoms with Gasteiger partial charge in [-0.05, 0) is 92.7 Å². The molecule has 3 nitrogen and oxygen atoms in total. The molecule has 0 amide bonds. The molecule has 0 radical (unpaired) electrons. The van der Waals surface area contributed by atoms with Crippen LogP contribution in [0.3, 0.4) is 0 Å². The first-order valence-electron chi connectivity index (χ1n) is 10.2. The highest BCUT2D eigenvalue weighted by Crippen LogP contribution is 2.27. The molecular weight excluding hydrogens is 390 g/mol. The van der Waals surface area contributed by atoms with Crippen LogP contribution >= 0.6 is 0 Å². The Bertz CT molecular complexity index is 1370. The molecule has 1 heterocycles. The summed E-state index contributed by atoms with van der Waals surface area (Å²) in [5.74, 6) is 0. The molecule has 0 aliphatic carbocycles. The van der Waals surface area contributed by atoms with Crippen LogP contribution in [0.1, 0.15) is 44.9 Å². The molecule has 0 fully saturated rings. The molecule has 0 spiro atoms. The Hall–Kier alpha value is -3.85.